The first kappa shape index (κ1) is 17.0. The van der Waals surface area contributed by atoms with Gasteiger partial charge in [0.2, 0.25) is 0 Å². The van der Waals surface area contributed by atoms with Crippen molar-refractivity contribution in [3.63, 3.8) is 0 Å². The molecule has 0 saturated heterocycles. The smallest absolute Gasteiger partial charge is 0.146 e. The van der Waals surface area contributed by atoms with E-state index in [9.17, 15) is 0 Å². The predicted molar refractivity (Wildman–Crippen MR) is 93.6 cm³/mol. The van der Waals surface area contributed by atoms with E-state index in [4.69, 9.17) is 46.4 Å². The first-order chi connectivity index (χ1) is 10.0. The second-order valence-electron chi connectivity index (χ2n) is 4.21. The van der Waals surface area contributed by atoms with Gasteiger partial charge in [0.15, 0.2) is 0 Å². The van der Waals surface area contributed by atoms with Crippen molar-refractivity contribution in [1.82, 2.24) is 4.98 Å². The number of aromatic nitrogens is 1. The highest BCUT2D eigenvalue weighted by Gasteiger charge is 2.11. The van der Waals surface area contributed by atoms with Crippen molar-refractivity contribution in [1.29, 1.82) is 0 Å². The Morgan fingerprint density at radius 2 is 1.76 bits per heavy atom. The van der Waals surface area contributed by atoms with E-state index >= 15 is 0 Å². The molecule has 0 fully saturated rings. The van der Waals surface area contributed by atoms with E-state index in [-0.39, 0.29) is 0 Å². The van der Waals surface area contributed by atoms with Crippen LogP contribution in [0.15, 0.2) is 34.2 Å². The molecule has 2 nitrogen and oxygen atoms in total. The van der Waals surface area contributed by atoms with Gasteiger partial charge in [-0.3, -0.25) is 0 Å². The summed E-state index contributed by atoms with van der Waals surface area (Å²) in [5, 5.41) is 5.86. The standard InChI is InChI=1S/C14H12Cl4N2S/c1-2-5-19-13-11(17)7-12(18)14(20-13)21-8-3-4-9(15)10(16)6-8/h3-4,6-7H,2,5H2,1H3,(H,19,20). The zero-order valence-corrected chi connectivity index (χ0v) is 14.9. The van der Waals surface area contributed by atoms with Crippen molar-refractivity contribution in [2.75, 3.05) is 11.9 Å². The summed E-state index contributed by atoms with van der Waals surface area (Å²) in [6.07, 6.45) is 0.982. The highest BCUT2D eigenvalue weighted by Crippen LogP contribution is 2.37. The minimum absolute atomic E-state index is 0.496. The highest BCUT2D eigenvalue weighted by molar-refractivity contribution is 7.99. The Morgan fingerprint density at radius 3 is 2.43 bits per heavy atom. The summed E-state index contributed by atoms with van der Waals surface area (Å²) >= 11 is 25.7. The number of hydrogen-bond acceptors (Lipinski definition) is 3. The van der Waals surface area contributed by atoms with Crippen molar-refractivity contribution in [2.45, 2.75) is 23.3 Å². The van der Waals surface area contributed by atoms with Crippen LogP contribution in [0, 0.1) is 0 Å². The average molecular weight is 382 g/mol. The Kier molecular flexibility index (Phi) is 6.33. The van der Waals surface area contributed by atoms with Crippen molar-refractivity contribution in [2.24, 2.45) is 0 Å². The van der Waals surface area contributed by atoms with Crippen molar-refractivity contribution in [3.8, 4) is 0 Å². The van der Waals surface area contributed by atoms with E-state index < -0.39 is 0 Å². The van der Waals surface area contributed by atoms with Gasteiger partial charge in [-0.2, -0.15) is 0 Å². The fourth-order valence-electron chi connectivity index (χ4n) is 1.54. The Hall–Kier alpha value is -0.320. The molecule has 7 heteroatoms. The number of halogens is 4. The van der Waals surface area contributed by atoms with E-state index in [0.29, 0.717) is 30.9 Å². The molecule has 0 atom stereocenters. The summed E-state index contributed by atoms with van der Waals surface area (Å²) in [7, 11) is 0. The van der Waals surface area contributed by atoms with E-state index in [1.165, 1.54) is 11.8 Å². The van der Waals surface area contributed by atoms with Gasteiger partial charge in [-0.15, -0.1) is 0 Å². The monoisotopic (exact) mass is 380 g/mol. The molecule has 1 aromatic heterocycles. The third-order valence-corrected chi connectivity index (χ3v) is 4.97. The zero-order valence-electron chi connectivity index (χ0n) is 11.1. The number of pyridine rings is 1. The van der Waals surface area contributed by atoms with Crippen LogP contribution in [0.1, 0.15) is 13.3 Å². The number of nitrogens with zero attached hydrogens (tertiary/aromatic N) is 1. The van der Waals surface area contributed by atoms with Crippen LogP contribution in [-0.2, 0) is 0 Å². The molecule has 0 aliphatic carbocycles. The predicted octanol–water partition coefficient (Wildman–Crippen LogP) is 6.67. The summed E-state index contributed by atoms with van der Waals surface area (Å²) in [5.41, 5.74) is 0. The quantitative estimate of drug-likeness (QED) is 0.625. The highest BCUT2D eigenvalue weighted by atomic mass is 35.5. The number of nitrogens with one attached hydrogen (secondary N) is 1. The molecular formula is C14H12Cl4N2S. The molecule has 0 bridgehead atoms. The average Bonchev–Trinajstić information content (AvgIpc) is 2.44. The molecule has 21 heavy (non-hydrogen) atoms. The van der Waals surface area contributed by atoms with Gasteiger partial charge in [0, 0.05) is 11.4 Å². The minimum atomic E-state index is 0.496. The van der Waals surface area contributed by atoms with Crippen molar-refractivity contribution >= 4 is 64.0 Å². The Bertz CT molecular complexity index is 649. The topological polar surface area (TPSA) is 24.9 Å². The number of anilines is 1. The molecule has 1 heterocycles. The number of benzene rings is 1. The van der Waals surface area contributed by atoms with Crippen LogP contribution in [0.4, 0.5) is 5.82 Å². The van der Waals surface area contributed by atoms with Crippen LogP contribution in [-0.4, -0.2) is 11.5 Å². The molecule has 1 N–H and O–H groups in total. The van der Waals surface area contributed by atoms with Gasteiger partial charge in [0.05, 0.1) is 20.1 Å². The van der Waals surface area contributed by atoms with Crippen LogP contribution >= 0.6 is 58.2 Å². The summed E-state index contributed by atoms with van der Waals surface area (Å²) < 4.78 is 0. The molecule has 0 saturated carbocycles. The van der Waals surface area contributed by atoms with Crippen LogP contribution < -0.4 is 5.32 Å². The fourth-order valence-corrected chi connectivity index (χ4v) is 3.27. The van der Waals surface area contributed by atoms with Crippen LogP contribution in [0.5, 0.6) is 0 Å². The van der Waals surface area contributed by atoms with Gasteiger partial charge in [-0.1, -0.05) is 65.1 Å². The first-order valence-electron chi connectivity index (χ1n) is 6.24. The molecule has 2 aromatic rings. The zero-order chi connectivity index (χ0) is 15.4. The molecular weight excluding hydrogens is 370 g/mol. The van der Waals surface area contributed by atoms with Crippen molar-refractivity contribution < 1.29 is 0 Å². The maximum atomic E-state index is 6.20. The molecule has 0 radical (unpaired) electrons. The second kappa shape index (κ2) is 7.80. The normalized spacial score (nSPS) is 10.7. The second-order valence-corrected chi connectivity index (χ2v) is 6.90. The molecule has 0 aliphatic rings. The minimum Gasteiger partial charge on any atom is -0.369 e. The van der Waals surface area contributed by atoms with Gasteiger partial charge < -0.3 is 5.32 Å². The van der Waals surface area contributed by atoms with Crippen molar-refractivity contribution in [3.05, 3.63) is 44.4 Å². The van der Waals surface area contributed by atoms with E-state index in [2.05, 4.69) is 17.2 Å². The molecule has 112 valence electrons. The molecule has 0 unspecified atom stereocenters. The van der Waals surface area contributed by atoms with Crippen LogP contribution in [0.25, 0.3) is 0 Å². The largest absolute Gasteiger partial charge is 0.369 e. The lowest BCUT2D eigenvalue weighted by Crippen LogP contribution is -2.03. The lowest BCUT2D eigenvalue weighted by Gasteiger charge is -2.10. The van der Waals surface area contributed by atoms with E-state index in [0.717, 1.165) is 17.9 Å². The Balaban J connectivity index is 2.28. The summed E-state index contributed by atoms with van der Waals surface area (Å²) in [5.74, 6) is 0.630. The van der Waals surface area contributed by atoms with Gasteiger partial charge in [-0.05, 0) is 30.7 Å². The van der Waals surface area contributed by atoms with Gasteiger partial charge in [0.1, 0.15) is 10.8 Å². The van der Waals surface area contributed by atoms with Gasteiger partial charge >= 0.3 is 0 Å². The molecule has 2 rings (SSSR count). The van der Waals surface area contributed by atoms with Crippen LogP contribution in [0.2, 0.25) is 20.1 Å². The van der Waals surface area contributed by atoms with E-state index in [1.807, 2.05) is 6.07 Å². The van der Waals surface area contributed by atoms with Crippen LogP contribution in [0.3, 0.4) is 0 Å². The third-order valence-electron chi connectivity index (χ3n) is 2.55. The summed E-state index contributed by atoms with van der Waals surface area (Å²) in [6.45, 7) is 2.87. The lowest BCUT2D eigenvalue weighted by atomic mass is 10.4. The summed E-state index contributed by atoms with van der Waals surface area (Å²) in [6, 6.07) is 7.07. The van der Waals surface area contributed by atoms with Gasteiger partial charge in [-0.25, -0.2) is 4.98 Å². The van der Waals surface area contributed by atoms with Gasteiger partial charge in [0.25, 0.3) is 0 Å². The maximum Gasteiger partial charge on any atom is 0.146 e. The lowest BCUT2D eigenvalue weighted by molar-refractivity contribution is 0.960. The fraction of sp³-hybridized carbons (Fsp3) is 0.214. The number of hydrogen-bond donors (Lipinski definition) is 1. The Labute approximate surface area is 148 Å². The molecule has 1 aromatic carbocycles. The third kappa shape index (κ3) is 4.57. The van der Waals surface area contributed by atoms with E-state index in [1.54, 1.807) is 18.2 Å². The molecule has 0 spiro atoms. The summed E-state index contributed by atoms with van der Waals surface area (Å²) in [4.78, 5) is 5.37. The first-order valence-corrected chi connectivity index (χ1v) is 8.57. The number of rotatable bonds is 5. The Morgan fingerprint density at radius 1 is 1.00 bits per heavy atom. The SMILES string of the molecule is CCCNc1nc(Sc2ccc(Cl)c(Cl)c2)c(Cl)cc1Cl. The maximum absolute atomic E-state index is 6.20. The molecule has 0 aliphatic heterocycles. The molecule has 0 amide bonds.